The molecule has 2 aromatic rings. The fourth-order valence-electron chi connectivity index (χ4n) is 3.42. The molecule has 1 saturated heterocycles. The number of likely N-dealkylation sites (tertiary alicyclic amines) is 1. The number of amides is 1. The van der Waals surface area contributed by atoms with E-state index < -0.39 is 0 Å². The van der Waals surface area contributed by atoms with Crippen molar-refractivity contribution in [2.45, 2.75) is 57.6 Å². The van der Waals surface area contributed by atoms with E-state index in [0.717, 1.165) is 30.9 Å². The van der Waals surface area contributed by atoms with Gasteiger partial charge in [-0.25, -0.2) is 14.3 Å². The summed E-state index contributed by atoms with van der Waals surface area (Å²) < 4.78 is 7.29. The fraction of sp³-hybridized carbons (Fsp3) is 0.611. The third-order valence-corrected chi connectivity index (χ3v) is 4.85. The van der Waals surface area contributed by atoms with Gasteiger partial charge in [-0.2, -0.15) is 0 Å². The van der Waals surface area contributed by atoms with Crippen molar-refractivity contribution in [3.05, 3.63) is 24.0 Å². The van der Waals surface area contributed by atoms with Gasteiger partial charge in [0.05, 0.1) is 24.0 Å². The first-order valence-corrected chi connectivity index (χ1v) is 9.17. The van der Waals surface area contributed by atoms with Gasteiger partial charge in [-0.05, 0) is 51.7 Å². The van der Waals surface area contributed by atoms with E-state index in [0.29, 0.717) is 12.5 Å². The number of carbonyl (C=O) groups is 1. The van der Waals surface area contributed by atoms with Crippen LogP contribution in [0.4, 0.5) is 10.6 Å². The lowest BCUT2D eigenvalue weighted by Crippen LogP contribution is -2.40. The van der Waals surface area contributed by atoms with Gasteiger partial charge < -0.3 is 15.0 Å². The molecule has 25 heavy (non-hydrogen) atoms. The van der Waals surface area contributed by atoms with Crippen LogP contribution >= 0.6 is 0 Å². The summed E-state index contributed by atoms with van der Waals surface area (Å²) in [4.78, 5) is 18.4. The minimum Gasteiger partial charge on any atom is -0.447 e. The van der Waals surface area contributed by atoms with Crippen LogP contribution in [-0.4, -0.2) is 50.8 Å². The Kier molecular flexibility index (Phi) is 4.23. The van der Waals surface area contributed by atoms with Gasteiger partial charge in [0.1, 0.15) is 5.82 Å². The van der Waals surface area contributed by atoms with Crippen molar-refractivity contribution in [3.8, 4) is 0 Å². The first kappa shape index (κ1) is 16.2. The van der Waals surface area contributed by atoms with Gasteiger partial charge in [0, 0.05) is 19.0 Å². The molecule has 0 spiro atoms. The normalized spacial score (nSPS) is 20.4. The monoisotopic (exact) mass is 343 g/mol. The van der Waals surface area contributed by atoms with Crippen molar-refractivity contribution in [2.24, 2.45) is 0 Å². The van der Waals surface area contributed by atoms with Gasteiger partial charge >= 0.3 is 6.09 Å². The lowest BCUT2D eigenvalue weighted by molar-refractivity contribution is 0.0746. The number of nitrogens with zero attached hydrogens (tertiary/aromatic N) is 4. The Bertz CT molecular complexity index is 768. The summed E-state index contributed by atoms with van der Waals surface area (Å²) in [5.41, 5.74) is 2.08. The number of aromatic nitrogens is 3. The van der Waals surface area contributed by atoms with Crippen LogP contribution in [0.5, 0.6) is 0 Å². The smallest absolute Gasteiger partial charge is 0.410 e. The highest BCUT2D eigenvalue weighted by Gasteiger charge is 2.30. The average Bonchev–Trinajstić information content (AvgIpc) is 3.16. The van der Waals surface area contributed by atoms with Crippen LogP contribution in [0.1, 0.15) is 51.1 Å². The largest absolute Gasteiger partial charge is 0.447 e. The summed E-state index contributed by atoms with van der Waals surface area (Å²) in [6.45, 7) is 5.20. The topological polar surface area (TPSA) is 71.8 Å². The second-order valence-electron chi connectivity index (χ2n) is 7.25. The maximum Gasteiger partial charge on any atom is 0.410 e. The van der Waals surface area contributed by atoms with Gasteiger partial charge in [0.2, 0.25) is 0 Å². The molecular weight excluding hydrogens is 318 g/mol. The summed E-state index contributed by atoms with van der Waals surface area (Å²) in [6, 6.07) is 4.08. The highest BCUT2D eigenvalue weighted by molar-refractivity contribution is 5.68. The molecule has 7 heteroatoms. The number of hydrogen-bond acceptors (Lipinski definition) is 5. The summed E-state index contributed by atoms with van der Waals surface area (Å²) >= 11 is 0. The van der Waals surface area contributed by atoms with E-state index in [1.165, 1.54) is 18.5 Å². The zero-order valence-corrected chi connectivity index (χ0v) is 14.8. The van der Waals surface area contributed by atoms with E-state index in [-0.39, 0.29) is 18.2 Å². The maximum atomic E-state index is 12.2. The number of hydrogen-bond donors (Lipinski definition) is 1. The van der Waals surface area contributed by atoms with Gasteiger partial charge in [-0.3, -0.25) is 0 Å². The molecule has 0 radical (unpaired) electrons. The van der Waals surface area contributed by atoms with E-state index in [2.05, 4.69) is 15.4 Å². The van der Waals surface area contributed by atoms with E-state index in [4.69, 9.17) is 4.74 Å². The first-order chi connectivity index (χ1) is 12.1. The number of anilines is 1. The molecule has 7 nitrogen and oxygen atoms in total. The van der Waals surface area contributed by atoms with E-state index in [1.54, 1.807) is 0 Å². The van der Waals surface area contributed by atoms with Crippen molar-refractivity contribution < 1.29 is 9.53 Å². The number of ether oxygens (including phenoxy) is 1. The summed E-state index contributed by atoms with van der Waals surface area (Å²) in [5, 5.41) is 8.07. The molecule has 1 atom stereocenters. The maximum absolute atomic E-state index is 12.2. The van der Waals surface area contributed by atoms with Crippen molar-refractivity contribution in [1.82, 2.24) is 19.5 Å². The molecule has 134 valence electrons. The van der Waals surface area contributed by atoms with Gasteiger partial charge in [-0.15, -0.1) is 5.10 Å². The van der Waals surface area contributed by atoms with Crippen LogP contribution in [0.3, 0.4) is 0 Å². The lowest BCUT2D eigenvalue weighted by Gasteiger charge is -2.25. The Hall–Kier alpha value is -2.31. The third-order valence-electron chi connectivity index (χ3n) is 4.85. The molecule has 1 amide bonds. The zero-order valence-electron chi connectivity index (χ0n) is 14.8. The standard InChI is InChI=1S/C18H25N5O2/c1-12(2)25-18(24)22-9-3-4-14(22)10-19-16-7-8-17-20-11-15(13-5-6-13)23(17)21-16/h7-8,11-14H,3-6,9-10H2,1-2H3,(H,19,21)/t14-/m0/s1. The lowest BCUT2D eigenvalue weighted by atomic mass is 10.2. The van der Waals surface area contributed by atoms with Crippen LogP contribution in [-0.2, 0) is 4.74 Å². The number of carbonyl (C=O) groups excluding carboxylic acids is 1. The number of imidazole rings is 1. The average molecular weight is 343 g/mol. The van der Waals surface area contributed by atoms with E-state index in [9.17, 15) is 4.79 Å². The van der Waals surface area contributed by atoms with E-state index >= 15 is 0 Å². The Balaban J connectivity index is 1.42. The molecule has 1 aliphatic heterocycles. The Morgan fingerprint density at radius 3 is 2.96 bits per heavy atom. The highest BCUT2D eigenvalue weighted by atomic mass is 16.6. The molecule has 2 fully saturated rings. The predicted molar refractivity (Wildman–Crippen MR) is 94.8 cm³/mol. The summed E-state index contributed by atoms with van der Waals surface area (Å²) in [5.74, 6) is 1.42. The molecule has 0 bridgehead atoms. The van der Waals surface area contributed by atoms with E-state index in [1.807, 2.05) is 41.6 Å². The molecule has 2 aromatic heterocycles. The number of fused-ring (bicyclic) bond motifs is 1. The Labute approximate surface area is 147 Å². The van der Waals surface area contributed by atoms with Crippen LogP contribution in [0, 0.1) is 0 Å². The molecule has 1 aliphatic carbocycles. The SMILES string of the molecule is CC(C)OC(=O)N1CCC[C@H]1CNc1ccc2ncc(C3CC3)n2n1. The summed E-state index contributed by atoms with van der Waals surface area (Å²) in [7, 11) is 0. The molecule has 2 aliphatic rings. The van der Waals surface area contributed by atoms with Crippen LogP contribution < -0.4 is 5.32 Å². The second kappa shape index (κ2) is 6.54. The molecule has 4 rings (SSSR count). The third kappa shape index (κ3) is 3.41. The number of rotatable bonds is 5. The number of nitrogens with one attached hydrogen (secondary N) is 1. The molecule has 1 saturated carbocycles. The van der Waals surface area contributed by atoms with Crippen molar-refractivity contribution in [3.63, 3.8) is 0 Å². The van der Waals surface area contributed by atoms with Crippen molar-refractivity contribution in [2.75, 3.05) is 18.4 Å². The predicted octanol–water partition coefficient (Wildman–Crippen LogP) is 3.03. The highest BCUT2D eigenvalue weighted by Crippen LogP contribution is 2.39. The van der Waals surface area contributed by atoms with Crippen LogP contribution in [0.15, 0.2) is 18.3 Å². The van der Waals surface area contributed by atoms with Gasteiger partial charge in [-0.1, -0.05) is 0 Å². The van der Waals surface area contributed by atoms with Crippen molar-refractivity contribution >= 4 is 17.6 Å². The molecule has 1 N–H and O–H groups in total. The molecule has 0 aromatic carbocycles. The second-order valence-corrected chi connectivity index (χ2v) is 7.25. The van der Waals surface area contributed by atoms with Gasteiger partial charge in [0.15, 0.2) is 5.65 Å². The van der Waals surface area contributed by atoms with Gasteiger partial charge in [0.25, 0.3) is 0 Å². The molecular formula is C18H25N5O2. The Morgan fingerprint density at radius 2 is 2.20 bits per heavy atom. The summed E-state index contributed by atoms with van der Waals surface area (Å²) in [6.07, 6.45) is 6.08. The minimum absolute atomic E-state index is 0.0899. The molecule has 0 unspecified atom stereocenters. The molecule has 3 heterocycles. The Morgan fingerprint density at radius 1 is 1.36 bits per heavy atom. The first-order valence-electron chi connectivity index (χ1n) is 9.17. The van der Waals surface area contributed by atoms with Crippen LogP contribution in [0.25, 0.3) is 5.65 Å². The quantitative estimate of drug-likeness (QED) is 0.903. The minimum atomic E-state index is -0.214. The van der Waals surface area contributed by atoms with Crippen LogP contribution in [0.2, 0.25) is 0 Å². The zero-order chi connectivity index (χ0) is 17.4. The van der Waals surface area contributed by atoms with Crippen molar-refractivity contribution in [1.29, 1.82) is 0 Å². The fourth-order valence-corrected chi connectivity index (χ4v) is 3.42.